The average Bonchev–Trinajstić information content (AvgIpc) is 3.25. The zero-order valence-corrected chi connectivity index (χ0v) is 17.2. The summed E-state index contributed by atoms with van der Waals surface area (Å²) >= 11 is 0. The minimum absolute atomic E-state index is 0.00670. The van der Waals surface area contributed by atoms with Gasteiger partial charge in [0.05, 0.1) is 11.1 Å². The Morgan fingerprint density at radius 3 is 2.45 bits per heavy atom. The number of hydrogen-bond acceptors (Lipinski definition) is 4. The highest BCUT2D eigenvalue weighted by Crippen LogP contribution is 2.20. The summed E-state index contributed by atoms with van der Waals surface area (Å²) in [4.78, 5) is 36.8. The smallest absolute Gasteiger partial charge is 0.408 e. The van der Waals surface area contributed by atoms with Crippen LogP contribution >= 0.6 is 0 Å². The van der Waals surface area contributed by atoms with Crippen LogP contribution in [0.25, 0.3) is 16.8 Å². The van der Waals surface area contributed by atoms with Crippen molar-refractivity contribution in [3.05, 3.63) is 88.2 Å². The molecule has 0 aliphatic carbocycles. The molecule has 2 heterocycles. The van der Waals surface area contributed by atoms with Crippen LogP contribution in [-0.2, 0) is 11.3 Å². The van der Waals surface area contributed by atoms with E-state index in [4.69, 9.17) is 4.42 Å². The molecule has 0 unspecified atom stereocenters. The van der Waals surface area contributed by atoms with E-state index in [1.54, 1.807) is 30.3 Å². The number of hydrazine groups is 1. The van der Waals surface area contributed by atoms with Crippen LogP contribution in [0.4, 0.5) is 0 Å². The molecule has 158 valence electrons. The standard InChI is InChI=1S/C23H22N4O4/c1-15-14-18(16(2)27(15)17-8-4-3-5-9-17)22(29)25-24-21(28)12-13-26-19-10-6-7-11-20(19)31-23(26)30/h3-11,14H,12-13H2,1-2H3,(H,24,28)(H,25,29). The van der Waals surface area contributed by atoms with E-state index in [0.717, 1.165) is 17.1 Å². The van der Waals surface area contributed by atoms with E-state index in [0.29, 0.717) is 16.7 Å². The van der Waals surface area contributed by atoms with Gasteiger partial charge in [-0.05, 0) is 44.2 Å². The van der Waals surface area contributed by atoms with E-state index in [2.05, 4.69) is 10.9 Å². The van der Waals surface area contributed by atoms with Crippen LogP contribution in [0.2, 0.25) is 0 Å². The summed E-state index contributed by atoms with van der Waals surface area (Å²) in [6.45, 7) is 3.91. The molecule has 0 atom stereocenters. The number of fused-ring (bicyclic) bond motifs is 1. The molecule has 4 aromatic rings. The Bertz CT molecular complexity index is 1310. The lowest BCUT2D eigenvalue weighted by Gasteiger charge is -2.10. The second kappa shape index (κ2) is 8.35. The van der Waals surface area contributed by atoms with Crippen molar-refractivity contribution in [2.45, 2.75) is 26.8 Å². The molecule has 2 N–H and O–H groups in total. The number of aromatic nitrogens is 2. The number of oxazole rings is 1. The van der Waals surface area contributed by atoms with Crippen LogP contribution in [0.5, 0.6) is 0 Å². The summed E-state index contributed by atoms with van der Waals surface area (Å²) in [6.07, 6.45) is 0.00670. The quantitative estimate of drug-likeness (QED) is 0.487. The minimum atomic E-state index is -0.522. The molecule has 4 rings (SSSR count). The third kappa shape index (κ3) is 4.00. The molecule has 0 radical (unpaired) electrons. The van der Waals surface area contributed by atoms with Gasteiger partial charge in [0, 0.05) is 30.0 Å². The highest BCUT2D eigenvalue weighted by atomic mass is 16.4. The van der Waals surface area contributed by atoms with Crippen molar-refractivity contribution in [2.75, 3.05) is 0 Å². The van der Waals surface area contributed by atoms with E-state index < -0.39 is 17.6 Å². The predicted octanol–water partition coefficient (Wildman–Crippen LogP) is 2.85. The number of para-hydroxylation sites is 3. The van der Waals surface area contributed by atoms with Gasteiger partial charge in [0.1, 0.15) is 0 Å². The highest BCUT2D eigenvalue weighted by molar-refractivity contribution is 5.97. The largest absolute Gasteiger partial charge is 0.419 e. The number of aryl methyl sites for hydroxylation is 2. The first kappa shape index (κ1) is 20.2. The lowest BCUT2D eigenvalue weighted by molar-refractivity contribution is -0.122. The Balaban J connectivity index is 1.39. The van der Waals surface area contributed by atoms with Crippen LogP contribution in [0, 0.1) is 13.8 Å². The van der Waals surface area contributed by atoms with Gasteiger partial charge in [0.2, 0.25) is 5.91 Å². The third-order valence-corrected chi connectivity index (χ3v) is 5.14. The SMILES string of the molecule is Cc1cc(C(=O)NNC(=O)CCn2c(=O)oc3ccccc32)c(C)n1-c1ccccc1. The lowest BCUT2D eigenvalue weighted by Crippen LogP contribution is -2.42. The number of benzene rings is 2. The molecular formula is C23H22N4O4. The van der Waals surface area contributed by atoms with Gasteiger partial charge < -0.3 is 8.98 Å². The van der Waals surface area contributed by atoms with Crippen molar-refractivity contribution in [1.82, 2.24) is 20.0 Å². The highest BCUT2D eigenvalue weighted by Gasteiger charge is 2.17. The molecule has 31 heavy (non-hydrogen) atoms. The molecule has 0 saturated heterocycles. The van der Waals surface area contributed by atoms with Crippen molar-refractivity contribution in [2.24, 2.45) is 0 Å². The van der Waals surface area contributed by atoms with Crippen molar-refractivity contribution in [3.63, 3.8) is 0 Å². The fourth-order valence-electron chi connectivity index (χ4n) is 3.66. The first-order valence-electron chi connectivity index (χ1n) is 9.87. The Morgan fingerprint density at radius 1 is 0.968 bits per heavy atom. The summed E-state index contributed by atoms with van der Waals surface area (Å²) in [5, 5.41) is 0. The van der Waals surface area contributed by atoms with Crippen molar-refractivity contribution in [3.8, 4) is 5.69 Å². The third-order valence-electron chi connectivity index (χ3n) is 5.14. The molecule has 0 saturated carbocycles. The van der Waals surface area contributed by atoms with Gasteiger partial charge in [-0.15, -0.1) is 0 Å². The maximum absolute atomic E-state index is 12.6. The van der Waals surface area contributed by atoms with Crippen LogP contribution in [-0.4, -0.2) is 20.9 Å². The van der Waals surface area contributed by atoms with Gasteiger partial charge in [-0.2, -0.15) is 0 Å². The van der Waals surface area contributed by atoms with Gasteiger partial charge in [-0.25, -0.2) is 4.79 Å². The summed E-state index contributed by atoms with van der Waals surface area (Å²) in [6, 6.07) is 18.5. The number of carbonyl (C=O) groups excluding carboxylic acids is 2. The van der Waals surface area contributed by atoms with E-state index >= 15 is 0 Å². The van der Waals surface area contributed by atoms with Crippen molar-refractivity contribution < 1.29 is 14.0 Å². The van der Waals surface area contributed by atoms with Crippen LogP contribution in [0.1, 0.15) is 28.2 Å². The van der Waals surface area contributed by atoms with Gasteiger partial charge >= 0.3 is 5.76 Å². The molecule has 8 heteroatoms. The second-order valence-corrected chi connectivity index (χ2v) is 7.20. The maximum Gasteiger partial charge on any atom is 0.419 e. The minimum Gasteiger partial charge on any atom is -0.408 e. The number of nitrogens with zero attached hydrogens (tertiary/aromatic N) is 2. The van der Waals surface area contributed by atoms with Crippen LogP contribution in [0.15, 0.2) is 69.9 Å². The zero-order chi connectivity index (χ0) is 22.0. The first-order valence-corrected chi connectivity index (χ1v) is 9.87. The van der Waals surface area contributed by atoms with Gasteiger partial charge in [-0.3, -0.25) is 25.0 Å². The summed E-state index contributed by atoms with van der Waals surface area (Å²) in [5.41, 5.74) is 9.06. The van der Waals surface area contributed by atoms with E-state index in [1.807, 2.05) is 48.7 Å². The van der Waals surface area contributed by atoms with Crippen molar-refractivity contribution >= 4 is 22.9 Å². The number of nitrogens with one attached hydrogen (secondary N) is 2. The zero-order valence-electron chi connectivity index (χ0n) is 17.2. The predicted molar refractivity (Wildman–Crippen MR) is 116 cm³/mol. The normalized spacial score (nSPS) is 10.9. The molecule has 2 aromatic carbocycles. The molecule has 2 aromatic heterocycles. The first-order chi connectivity index (χ1) is 15.0. The Morgan fingerprint density at radius 2 is 1.68 bits per heavy atom. The fraction of sp³-hybridized carbons (Fsp3) is 0.174. The summed E-state index contributed by atoms with van der Waals surface area (Å²) < 4.78 is 8.53. The molecule has 0 bridgehead atoms. The summed E-state index contributed by atoms with van der Waals surface area (Å²) in [7, 11) is 0. The number of carbonyl (C=O) groups is 2. The Labute approximate surface area is 178 Å². The Hall–Kier alpha value is -4.07. The number of hydrogen-bond donors (Lipinski definition) is 2. The van der Waals surface area contributed by atoms with E-state index in [9.17, 15) is 14.4 Å². The maximum atomic E-state index is 12.6. The molecule has 0 fully saturated rings. The average molecular weight is 418 g/mol. The molecular weight excluding hydrogens is 396 g/mol. The van der Waals surface area contributed by atoms with Crippen LogP contribution in [0.3, 0.4) is 0 Å². The van der Waals surface area contributed by atoms with Crippen molar-refractivity contribution in [1.29, 1.82) is 0 Å². The van der Waals surface area contributed by atoms with Gasteiger partial charge in [0.15, 0.2) is 5.58 Å². The topological polar surface area (TPSA) is 98.3 Å². The van der Waals surface area contributed by atoms with Gasteiger partial charge in [-0.1, -0.05) is 30.3 Å². The Kier molecular flexibility index (Phi) is 5.44. The molecule has 0 aliphatic rings. The van der Waals surface area contributed by atoms with E-state index in [-0.39, 0.29) is 13.0 Å². The second-order valence-electron chi connectivity index (χ2n) is 7.20. The van der Waals surface area contributed by atoms with Gasteiger partial charge in [0.25, 0.3) is 5.91 Å². The summed E-state index contributed by atoms with van der Waals surface area (Å²) in [5.74, 6) is -1.34. The number of rotatable bonds is 5. The number of amides is 2. The molecule has 2 amide bonds. The molecule has 8 nitrogen and oxygen atoms in total. The monoisotopic (exact) mass is 418 g/mol. The van der Waals surface area contributed by atoms with Crippen LogP contribution < -0.4 is 16.6 Å². The fourth-order valence-corrected chi connectivity index (χ4v) is 3.66. The van der Waals surface area contributed by atoms with E-state index in [1.165, 1.54) is 4.57 Å². The molecule has 0 spiro atoms. The molecule has 0 aliphatic heterocycles. The lowest BCUT2D eigenvalue weighted by atomic mass is 10.2.